The molecule has 0 fully saturated rings. The SMILES string of the molecule is N#C[S-].N#C[S-].N#C[S-].N#C[S-].[Hf+4].[Zr]. The Bertz CT molecular complexity index is 163. The van der Waals surface area contributed by atoms with Gasteiger partial charge in [-0.25, -0.2) is 21.0 Å². The zero-order chi connectivity index (χ0) is 10.8. The smallest absolute Gasteiger partial charge is 0.696 e. The summed E-state index contributed by atoms with van der Waals surface area (Å²) in [7, 11) is 0. The van der Waals surface area contributed by atoms with Gasteiger partial charge < -0.3 is 50.5 Å². The van der Waals surface area contributed by atoms with Gasteiger partial charge in [0.15, 0.2) is 0 Å². The number of nitrogens with zero attached hydrogens (tertiary/aromatic N) is 4. The van der Waals surface area contributed by atoms with Crippen molar-refractivity contribution in [3.8, 4) is 21.6 Å². The second-order valence-electron chi connectivity index (χ2n) is 0.365. The Balaban J connectivity index is -0.0000000145. The minimum atomic E-state index is 0. The number of nitriles is 4. The number of hydrogen-bond donors (Lipinski definition) is 0. The predicted molar refractivity (Wildman–Crippen MR) is 51.9 cm³/mol. The van der Waals surface area contributed by atoms with Crippen molar-refractivity contribution in [2.75, 3.05) is 0 Å². The summed E-state index contributed by atoms with van der Waals surface area (Å²) >= 11 is 14.8. The first kappa shape index (κ1) is 36.5. The molecule has 0 spiro atoms. The summed E-state index contributed by atoms with van der Waals surface area (Å²) < 4.78 is 0. The second-order valence-corrected chi connectivity index (χ2v) is 1.10. The van der Waals surface area contributed by atoms with Crippen molar-refractivity contribution in [1.82, 2.24) is 0 Å². The molecule has 0 saturated heterocycles. The molecule has 0 unspecified atom stereocenters. The van der Waals surface area contributed by atoms with E-state index in [-0.39, 0.29) is 52.0 Å². The van der Waals surface area contributed by atoms with E-state index in [9.17, 15) is 0 Å². The van der Waals surface area contributed by atoms with E-state index in [1.165, 1.54) is 21.6 Å². The quantitative estimate of drug-likeness (QED) is 0.261. The Morgan fingerprint density at radius 1 is 0.571 bits per heavy atom. The molecule has 0 saturated carbocycles. The van der Waals surface area contributed by atoms with E-state index in [1.54, 1.807) is 0 Å². The van der Waals surface area contributed by atoms with Crippen LogP contribution in [0.15, 0.2) is 0 Å². The summed E-state index contributed by atoms with van der Waals surface area (Å²) in [5.74, 6) is 0. The van der Waals surface area contributed by atoms with Crippen LogP contribution >= 0.6 is 0 Å². The molecule has 0 aromatic rings. The Labute approximate surface area is 143 Å². The maximum atomic E-state index is 7.13. The van der Waals surface area contributed by atoms with Crippen molar-refractivity contribution >= 4 is 50.5 Å². The van der Waals surface area contributed by atoms with Crippen LogP contribution < -0.4 is 0 Å². The van der Waals surface area contributed by atoms with E-state index in [0.717, 1.165) is 0 Å². The molecule has 14 heavy (non-hydrogen) atoms. The van der Waals surface area contributed by atoms with Crippen molar-refractivity contribution < 1.29 is 52.0 Å². The topological polar surface area (TPSA) is 95.2 Å². The molecular formula is C4HfN4S4Zr. The molecule has 0 aliphatic heterocycles. The maximum absolute atomic E-state index is 7.13. The molecule has 0 rings (SSSR count). The first-order valence-electron chi connectivity index (χ1n) is 1.71. The summed E-state index contributed by atoms with van der Waals surface area (Å²) in [6.07, 6.45) is 0. The van der Waals surface area contributed by atoms with Gasteiger partial charge in [-0.05, 0) is 0 Å². The molecule has 68 valence electrons. The first-order chi connectivity index (χ1) is 5.66. The van der Waals surface area contributed by atoms with E-state index in [4.69, 9.17) is 21.0 Å². The van der Waals surface area contributed by atoms with Crippen LogP contribution in [0.5, 0.6) is 0 Å². The fourth-order valence-corrected chi connectivity index (χ4v) is 0. The van der Waals surface area contributed by atoms with Gasteiger partial charge in [0.2, 0.25) is 0 Å². The average Bonchev–Trinajstić information content (AvgIpc) is 1.92. The standard InChI is InChI=1S/4CHNS.Hf.Zr/c4*2-1-3;;/h4*3H;;/q;;;;+4;/p-4. The van der Waals surface area contributed by atoms with Crippen LogP contribution in [-0.4, -0.2) is 0 Å². The van der Waals surface area contributed by atoms with Crippen LogP contribution in [0.25, 0.3) is 0 Å². The summed E-state index contributed by atoms with van der Waals surface area (Å²) in [6.45, 7) is 0. The van der Waals surface area contributed by atoms with Crippen LogP contribution in [0.4, 0.5) is 0 Å². The van der Waals surface area contributed by atoms with Gasteiger partial charge >= 0.3 is 25.8 Å². The molecule has 0 atom stereocenters. The molecule has 0 heterocycles. The van der Waals surface area contributed by atoms with Gasteiger partial charge in [-0.3, -0.25) is 0 Å². The van der Waals surface area contributed by atoms with Gasteiger partial charge in [0.1, 0.15) is 0 Å². The van der Waals surface area contributed by atoms with Crippen molar-refractivity contribution in [3.05, 3.63) is 0 Å². The summed E-state index contributed by atoms with van der Waals surface area (Å²) in [4.78, 5) is 0. The molecule has 0 N–H and O–H groups in total. The average molecular weight is 502 g/mol. The second kappa shape index (κ2) is 102. The third-order valence-electron chi connectivity index (χ3n) is 0. The van der Waals surface area contributed by atoms with Crippen LogP contribution in [0.1, 0.15) is 0 Å². The molecule has 0 amide bonds. The minimum Gasteiger partial charge on any atom is -0.696 e. The van der Waals surface area contributed by atoms with Gasteiger partial charge in [-0.1, -0.05) is 21.6 Å². The largest absolute Gasteiger partial charge is 4.00 e. The molecule has 0 aliphatic rings. The molecule has 10 heteroatoms. The number of rotatable bonds is 0. The van der Waals surface area contributed by atoms with Gasteiger partial charge in [-0.15, -0.1) is 0 Å². The van der Waals surface area contributed by atoms with E-state index in [0.29, 0.717) is 0 Å². The van der Waals surface area contributed by atoms with E-state index in [1.807, 2.05) is 0 Å². The van der Waals surface area contributed by atoms with Crippen molar-refractivity contribution in [2.24, 2.45) is 0 Å². The first-order valence-corrected chi connectivity index (χ1v) is 3.34. The molecule has 4 nitrogen and oxygen atoms in total. The van der Waals surface area contributed by atoms with Crippen molar-refractivity contribution in [3.63, 3.8) is 0 Å². The Morgan fingerprint density at radius 3 is 0.571 bits per heavy atom. The molecule has 0 aromatic heterocycles. The monoisotopic (exact) mass is 502 g/mol. The third-order valence-corrected chi connectivity index (χ3v) is 0. The normalized spacial score (nSPS) is 2.00. The van der Waals surface area contributed by atoms with E-state index < -0.39 is 0 Å². The van der Waals surface area contributed by atoms with Crippen LogP contribution in [0.3, 0.4) is 0 Å². The van der Waals surface area contributed by atoms with Crippen molar-refractivity contribution in [1.29, 1.82) is 21.0 Å². The Hall–Kier alpha value is 0.593. The van der Waals surface area contributed by atoms with E-state index >= 15 is 0 Å². The van der Waals surface area contributed by atoms with E-state index in [2.05, 4.69) is 50.5 Å². The van der Waals surface area contributed by atoms with Crippen LogP contribution in [0.2, 0.25) is 0 Å². The van der Waals surface area contributed by atoms with Gasteiger partial charge in [0.25, 0.3) is 0 Å². The zero-order valence-corrected chi connectivity index (χ0v) is 15.7. The van der Waals surface area contributed by atoms with Crippen LogP contribution in [0, 0.1) is 42.7 Å². The Morgan fingerprint density at radius 2 is 0.571 bits per heavy atom. The fourth-order valence-electron chi connectivity index (χ4n) is 0. The Kier molecular flexibility index (Phi) is 267. The summed E-state index contributed by atoms with van der Waals surface area (Å²) in [6, 6.07) is 0. The molecule has 0 aromatic carbocycles. The van der Waals surface area contributed by atoms with Gasteiger partial charge in [0.05, 0.1) is 0 Å². The number of hydrogen-bond acceptors (Lipinski definition) is 8. The molecule has 0 aliphatic carbocycles. The third kappa shape index (κ3) is 4810. The summed E-state index contributed by atoms with van der Waals surface area (Å²) in [5, 5.41) is 33.9. The predicted octanol–water partition coefficient (Wildman–Crippen LogP) is 0.0525. The molecule has 0 radical (unpaired) electrons. The molecular weight excluding hydrogens is 502 g/mol. The number of thiocyanates is 4. The fraction of sp³-hybridized carbons (Fsp3) is 0. The molecule has 0 bridgehead atoms. The maximum Gasteiger partial charge on any atom is 4.00 e. The van der Waals surface area contributed by atoms with Crippen LogP contribution in [-0.2, 0) is 103 Å². The van der Waals surface area contributed by atoms with Crippen molar-refractivity contribution in [2.45, 2.75) is 0 Å². The minimum absolute atomic E-state index is 0. The van der Waals surface area contributed by atoms with Gasteiger partial charge in [0, 0.05) is 26.2 Å². The van der Waals surface area contributed by atoms with Gasteiger partial charge in [-0.2, -0.15) is 0 Å². The zero-order valence-electron chi connectivity index (χ0n) is 6.42. The summed E-state index contributed by atoms with van der Waals surface area (Å²) in [5.41, 5.74) is 0.